The number of para-hydroxylation sites is 1. The molecule has 3 heteroatoms. The van der Waals surface area contributed by atoms with E-state index in [1.165, 1.54) is 25.7 Å². The second kappa shape index (κ2) is 6.18. The maximum absolute atomic E-state index is 6.19. The van der Waals surface area contributed by atoms with Crippen LogP contribution >= 0.6 is 0 Å². The first kappa shape index (κ1) is 14.0. The molecular weight excluding hydrogens is 236 g/mol. The van der Waals surface area contributed by atoms with Crippen molar-refractivity contribution < 1.29 is 4.74 Å². The molecule has 2 rings (SSSR count). The van der Waals surface area contributed by atoms with Gasteiger partial charge in [0.2, 0.25) is 0 Å². The highest BCUT2D eigenvalue weighted by atomic mass is 16.5. The van der Waals surface area contributed by atoms with Crippen LogP contribution in [0.15, 0.2) is 18.2 Å². The van der Waals surface area contributed by atoms with Gasteiger partial charge in [0.25, 0.3) is 0 Å². The average molecular weight is 262 g/mol. The van der Waals surface area contributed by atoms with Crippen molar-refractivity contribution >= 4 is 11.4 Å². The van der Waals surface area contributed by atoms with E-state index >= 15 is 0 Å². The first-order chi connectivity index (χ1) is 9.08. The average Bonchev–Trinajstić information content (AvgIpc) is 2.87. The zero-order chi connectivity index (χ0) is 13.8. The van der Waals surface area contributed by atoms with E-state index in [4.69, 9.17) is 10.5 Å². The largest absolute Gasteiger partial charge is 0.489 e. The minimum atomic E-state index is 0.143. The Balaban J connectivity index is 2.07. The SMILES string of the molecule is CC(C)Oc1cccc(NC(C)C2CCCC2)c1N. The number of hydrogen-bond acceptors (Lipinski definition) is 3. The van der Waals surface area contributed by atoms with Crippen LogP contribution in [0, 0.1) is 5.92 Å². The van der Waals surface area contributed by atoms with Crippen LogP contribution in [0.1, 0.15) is 46.5 Å². The summed E-state index contributed by atoms with van der Waals surface area (Å²) in [7, 11) is 0. The van der Waals surface area contributed by atoms with Crippen LogP contribution in [0.2, 0.25) is 0 Å². The highest BCUT2D eigenvalue weighted by Crippen LogP contribution is 2.34. The molecule has 0 heterocycles. The predicted molar refractivity (Wildman–Crippen MR) is 81.7 cm³/mol. The van der Waals surface area contributed by atoms with E-state index in [0.717, 1.165) is 23.0 Å². The van der Waals surface area contributed by atoms with Gasteiger partial charge >= 0.3 is 0 Å². The molecule has 0 aliphatic heterocycles. The Bertz CT molecular complexity index is 411. The highest BCUT2D eigenvalue weighted by molar-refractivity contribution is 5.73. The molecule has 3 N–H and O–H groups in total. The Labute approximate surface area is 116 Å². The molecule has 0 amide bonds. The van der Waals surface area contributed by atoms with Crippen molar-refractivity contribution in [3.05, 3.63) is 18.2 Å². The molecule has 1 aromatic carbocycles. The Morgan fingerprint density at radius 2 is 1.89 bits per heavy atom. The lowest BCUT2D eigenvalue weighted by Gasteiger charge is -2.23. The van der Waals surface area contributed by atoms with E-state index in [1.54, 1.807) is 0 Å². The topological polar surface area (TPSA) is 47.3 Å². The molecule has 19 heavy (non-hydrogen) atoms. The van der Waals surface area contributed by atoms with Gasteiger partial charge in [-0.15, -0.1) is 0 Å². The molecule has 0 bridgehead atoms. The first-order valence-electron chi connectivity index (χ1n) is 7.39. The number of rotatable bonds is 5. The Morgan fingerprint density at radius 1 is 1.21 bits per heavy atom. The van der Waals surface area contributed by atoms with Gasteiger partial charge in [-0.05, 0) is 51.7 Å². The van der Waals surface area contributed by atoms with Gasteiger partial charge in [0, 0.05) is 6.04 Å². The smallest absolute Gasteiger partial charge is 0.144 e. The summed E-state index contributed by atoms with van der Waals surface area (Å²) >= 11 is 0. The molecule has 0 radical (unpaired) electrons. The molecule has 106 valence electrons. The molecule has 1 unspecified atom stereocenters. The minimum Gasteiger partial charge on any atom is -0.489 e. The fourth-order valence-electron chi connectivity index (χ4n) is 2.85. The van der Waals surface area contributed by atoms with Gasteiger partial charge in [0.05, 0.1) is 17.5 Å². The lowest BCUT2D eigenvalue weighted by Crippen LogP contribution is -2.24. The van der Waals surface area contributed by atoms with Crippen molar-refractivity contribution in [2.75, 3.05) is 11.1 Å². The predicted octanol–water partition coefficient (Wildman–Crippen LogP) is 4.05. The first-order valence-corrected chi connectivity index (χ1v) is 7.39. The number of nitrogens with one attached hydrogen (secondary N) is 1. The standard InChI is InChI=1S/C16H26N2O/c1-11(2)19-15-10-6-9-14(16(15)17)18-12(3)13-7-4-5-8-13/h6,9-13,18H,4-5,7-8,17H2,1-3H3. The van der Waals surface area contributed by atoms with E-state index in [9.17, 15) is 0 Å². The van der Waals surface area contributed by atoms with Crippen LogP contribution in [0.3, 0.4) is 0 Å². The molecule has 0 spiro atoms. The van der Waals surface area contributed by atoms with Crippen LogP contribution in [-0.4, -0.2) is 12.1 Å². The van der Waals surface area contributed by atoms with Crippen LogP contribution < -0.4 is 15.8 Å². The number of benzene rings is 1. The molecule has 0 aromatic heterocycles. The van der Waals surface area contributed by atoms with Gasteiger partial charge in [-0.3, -0.25) is 0 Å². The van der Waals surface area contributed by atoms with Crippen molar-refractivity contribution in [1.82, 2.24) is 0 Å². The van der Waals surface area contributed by atoms with Crippen molar-refractivity contribution in [1.29, 1.82) is 0 Å². The molecule has 3 nitrogen and oxygen atoms in total. The zero-order valence-electron chi connectivity index (χ0n) is 12.3. The van der Waals surface area contributed by atoms with E-state index in [2.05, 4.69) is 12.2 Å². The van der Waals surface area contributed by atoms with Gasteiger partial charge < -0.3 is 15.8 Å². The van der Waals surface area contributed by atoms with E-state index < -0.39 is 0 Å². The molecule has 1 aromatic rings. The van der Waals surface area contributed by atoms with E-state index in [0.29, 0.717) is 6.04 Å². The lowest BCUT2D eigenvalue weighted by atomic mass is 9.99. The summed E-state index contributed by atoms with van der Waals surface area (Å²) in [6.07, 6.45) is 5.53. The lowest BCUT2D eigenvalue weighted by molar-refractivity contribution is 0.244. The van der Waals surface area contributed by atoms with Crippen LogP contribution in [0.25, 0.3) is 0 Å². The molecule has 1 aliphatic carbocycles. The quantitative estimate of drug-likeness (QED) is 0.787. The summed E-state index contributed by atoms with van der Waals surface area (Å²) < 4.78 is 5.73. The summed E-state index contributed by atoms with van der Waals surface area (Å²) in [6, 6.07) is 6.44. The number of hydrogen-bond donors (Lipinski definition) is 2. The monoisotopic (exact) mass is 262 g/mol. The van der Waals surface area contributed by atoms with Gasteiger partial charge in [0.15, 0.2) is 0 Å². The van der Waals surface area contributed by atoms with Gasteiger partial charge in [0.1, 0.15) is 5.75 Å². The maximum atomic E-state index is 6.19. The summed E-state index contributed by atoms with van der Waals surface area (Å²) in [5, 5.41) is 3.56. The summed E-state index contributed by atoms with van der Waals surface area (Å²) in [4.78, 5) is 0. The third kappa shape index (κ3) is 3.55. The van der Waals surface area contributed by atoms with Crippen molar-refractivity contribution in [2.24, 2.45) is 5.92 Å². The second-order valence-corrected chi connectivity index (χ2v) is 5.86. The second-order valence-electron chi connectivity index (χ2n) is 5.86. The molecule has 0 saturated heterocycles. The fraction of sp³-hybridized carbons (Fsp3) is 0.625. The molecular formula is C16H26N2O. The zero-order valence-corrected chi connectivity index (χ0v) is 12.3. The molecule has 1 aliphatic rings. The van der Waals surface area contributed by atoms with Crippen LogP contribution in [0.4, 0.5) is 11.4 Å². The van der Waals surface area contributed by atoms with Crippen molar-refractivity contribution in [3.63, 3.8) is 0 Å². The van der Waals surface area contributed by atoms with Crippen molar-refractivity contribution in [2.45, 2.75) is 58.6 Å². The molecule has 1 saturated carbocycles. The third-order valence-corrected chi connectivity index (χ3v) is 3.92. The van der Waals surface area contributed by atoms with E-state index in [-0.39, 0.29) is 6.10 Å². The van der Waals surface area contributed by atoms with Gasteiger partial charge in [-0.2, -0.15) is 0 Å². The van der Waals surface area contributed by atoms with Crippen LogP contribution in [-0.2, 0) is 0 Å². The Kier molecular flexibility index (Phi) is 4.56. The van der Waals surface area contributed by atoms with E-state index in [1.807, 2.05) is 32.0 Å². The fourth-order valence-corrected chi connectivity index (χ4v) is 2.85. The van der Waals surface area contributed by atoms with Gasteiger partial charge in [-0.1, -0.05) is 18.9 Å². The number of nitrogen functional groups attached to an aromatic ring is 1. The maximum Gasteiger partial charge on any atom is 0.144 e. The summed E-state index contributed by atoms with van der Waals surface area (Å²) in [6.45, 7) is 6.28. The number of anilines is 2. The van der Waals surface area contributed by atoms with Crippen molar-refractivity contribution in [3.8, 4) is 5.75 Å². The Hall–Kier alpha value is -1.38. The summed E-state index contributed by atoms with van der Waals surface area (Å²) in [5.41, 5.74) is 7.91. The normalized spacial score (nSPS) is 17.7. The highest BCUT2D eigenvalue weighted by Gasteiger charge is 2.22. The third-order valence-electron chi connectivity index (χ3n) is 3.92. The molecule has 1 atom stereocenters. The molecule has 1 fully saturated rings. The summed E-state index contributed by atoms with van der Waals surface area (Å²) in [5.74, 6) is 1.55. The van der Waals surface area contributed by atoms with Crippen LogP contribution in [0.5, 0.6) is 5.75 Å². The van der Waals surface area contributed by atoms with Gasteiger partial charge in [-0.25, -0.2) is 0 Å². The number of nitrogens with two attached hydrogens (primary N) is 1. The minimum absolute atomic E-state index is 0.143. The number of ether oxygens (including phenoxy) is 1. The Morgan fingerprint density at radius 3 is 2.53 bits per heavy atom.